The summed E-state index contributed by atoms with van der Waals surface area (Å²) >= 11 is 0. The van der Waals surface area contributed by atoms with Crippen molar-refractivity contribution in [1.82, 2.24) is 5.32 Å². The van der Waals surface area contributed by atoms with Crippen LogP contribution >= 0.6 is 0 Å². The topological polar surface area (TPSA) is 33.7 Å². The van der Waals surface area contributed by atoms with Gasteiger partial charge in [0.25, 0.3) is 0 Å². The maximum absolute atomic E-state index is 13.7. The molecule has 2 unspecified atom stereocenters. The van der Waals surface area contributed by atoms with E-state index in [9.17, 15) is 4.39 Å². The van der Waals surface area contributed by atoms with E-state index in [0.717, 1.165) is 25.3 Å². The summed E-state index contributed by atoms with van der Waals surface area (Å²) in [4.78, 5) is 2.22. The Bertz CT molecular complexity index is 973. The average molecular weight is 394 g/mol. The molecule has 4 rings (SSSR count). The second-order valence-corrected chi connectivity index (χ2v) is 7.46. The average Bonchev–Trinajstić information content (AvgIpc) is 2.77. The molecule has 1 aliphatic rings. The minimum absolute atomic E-state index is 0.0669. The van der Waals surface area contributed by atoms with E-state index in [1.807, 2.05) is 0 Å². The van der Waals surface area contributed by atoms with Crippen molar-refractivity contribution < 1.29 is 13.9 Å². The number of hydrogen-bond donors (Lipinski definition) is 1. The summed E-state index contributed by atoms with van der Waals surface area (Å²) in [6.45, 7) is 5.12. The first kappa shape index (κ1) is 19.7. The number of nitrogens with one attached hydrogen (secondary N) is 1. The van der Waals surface area contributed by atoms with Crippen molar-refractivity contribution >= 4 is 16.5 Å². The van der Waals surface area contributed by atoms with Crippen molar-refractivity contribution in [2.45, 2.75) is 19.1 Å². The van der Waals surface area contributed by atoms with Crippen molar-refractivity contribution in [3.8, 4) is 5.75 Å². The van der Waals surface area contributed by atoms with Gasteiger partial charge in [0.1, 0.15) is 0 Å². The van der Waals surface area contributed by atoms with Gasteiger partial charge in [-0.05, 0) is 35.4 Å². The SMILES string of the molecule is COc1cc(N2CCOC(CNC(C)c3cccc4ccccc34)C2)ccc1F. The van der Waals surface area contributed by atoms with Crippen LogP contribution in [0, 0.1) is 5.82 Å². The van der Waals surface area contributed by atoms with Gasteiger partial charge in [-0.15, -0.1) is 0 Å². The molecule has 1 heterocycles. The Morgan fingerprint density at radius 3 is 2.86 bits per heavy atom. The molecule has 2 atom stereocenters. The fourth-order valence-corrected chi connectivity index (χ4v) is 3.97. The van der Waals surface area contributed by atoms with Crippen molar-refractivity contribution in [2.24, 2.45) is 0 Å². The number of methoxy groups -OCH3 is 1. The highest BCUT2D eigenvalue weighted by molar-refractivity contribution is 5.86. The number of fused-ring (bicyclic) bond motifs is 1. The van der Waals surface area contributed by atoms with Gasteiger partial charge < -0.3 is 19.7 Å². The van der Waals surface area contributed by atoms with Crippen LogP contribution < -0.4 is 15.0 Å². The molecule has 0 amide bonds. The van der Waals surface area contributed by atoms with Crippen molar-refractivity contribution in [2.75, 3.05) is 38.3 Å². The number of rotatable bonds is 6. The Labute approximate surface area is 171 Å². The van der Waals surface area contributed by atoms with Crippen LogP contribution in [0.3, 0.4) is 0 Å². The number of anilines is 1. The molecule has 0 aromatic heterocycles. The van der Waals surface area contributed by atoms with Gasteiger partial charge in [-0.1, -0.05) is 42.5 Å². The van der Waals surface area contributed by atoms with Crippen molar-refractivity contribution in [3.63, 3.8) is 0 Å². The van der Waals surface area contributed by atoms with Gasteiger partial charge in [-0.3, -0.25) is 0 Å². The summed E-state index contributed by atoms with van der Waals surface area (Å²) in [6, 6.07) is 20.1. The Morgan fingerprint density at radius 1 is 1.17 bits per heavy atom. The lowest BCUT2D eigenvalue weighted by atomic mass is 9.99. The van der Waals surface area contributed by atoms with Gasteiger partial charge in [0.15, 0.2) is 11.6 Å². The highest BCUT2D eigenvalue weighted by atomic mass is 19.1. The van der Waals surface area contributed by atoms with Crippen LogP contribution in [0.15, 0.2) is 60.7 Å². The van der Waals surface area contributed by atoms with E-state index in [2.05, 4.69) is 59.6 Å². The van der Waals surface area contributed by atoms with E-state index < -0.39 is 0 Å². The fourth-order valence-electron chi connectivity index (χ4n) is 3.97. The highest BCUT2D eigenvalue weighted by Gasteiger charge is 2.22. The molecular weight excluding hydrogens is 367 g/mol. The molecule has 0 aliphatic carbocycles. The third-order valence-corrected chi connectivity index (χ3v) is 5.58. The molecular formula is C24H27FN2O2. The van der Waals surface area contributed by atoms with E-state index in [1.54, 1.807) is 12.1 Å². The van der Waals surface area contributed by atoms with Gasteiger partial charge in [0.2, 0.25) is 0 Å². The third-order valence-electron chi connectivity index (χ3n) is 5.58. The molecule has 3 aromatic rings. The van der Waals surface area contributed by atoms with E-state index >= 15 is 0 Å². The van der Waals surface area contributed by atoms with Gasteiger partial charge >= 0.3 is 0 Å². The first-order valence-corrected chi connectivity index (χ1v) is 10.1. The minimum Gasteiger partial charge on any atom is -0.494 e. The predicted octanol–water partition coefficient (Wildman–Crippen LogP) is 4.54. The zero-order chi connectivity index (χ0) is 20.2. The maximum atomic E-state index is 13.7. The third kappa shape index (κ3) is 4.36. The summed E-state index contributed by atoms with van der Waals surface area (Å²) < 4.78 is 24.8. The second-order valence-electron chi connectivity index (χ2n) is 7.46. The number of morpholine rings is 1. The zero-order valence-electron chi connectivity index (χ0n) is 16.9. The first-order valence-electron chi connectivity index (χ1n) is 10.1. The quantitative estimate of drug-likeness (QED) is 0.665. The Hall–Kier alpha value is -2.63. The van der Waals surface area contributed by atoms with E-state index in [-0.39, 0.29) is 23.7 Å². The maximum Gasteiger partial charge on any atom is 0.165 e. The zero-order valence-corrected chi connectivity index (χ0v) is 16.9. The molecule has 0 bridgehead atoms. The van der Waals surface area contributed by atoms with Crippen LogP contribution in [0.1, 0.15) is 18.5 Å². The van der Waals surface area contributed by atoms with Crippen LogP contribution in [0.4, 0.5) is 10.1 Å². The first-order chi connectivity index (χ1) is 14.2. The summed E-state index contributed by atoms with van der Waals surface area (Å²) in [5, 5.41) is 6.16. The van der Waals surface area contributed by atoms with Crippen LogP contribution in [-0.2, 0) is 4.74 Å². The molecule has 1 aliphatic heterocycles. The van der Waals surface area contributed by atoms with Crippen LogP contribution in [-0.4, -0.2) is 39.5 Å². The normalized spacial score (nSPS) is 18.0. The molecule has 1 N–H and O–H groups in total. The number of hydrogen-bond acceptors (Lipinski definition) is 4. The minimum atomic E-state index is -0.341. The molecule has 1 saturated heterocycles. The van der Waals surface area contributed by atoms with Crippen molar-refractivity contribution in [3.05, 3.63) is 72.0 Å². The van der Waals surface area contributed by atoms with Gasteiger partial charge in [-0.25, -0.2) is 4.39 Å². The molecule has 0 radical (unpaired) electrons. The molecule has 3 aromatic carbocycles. The van der Waals surface area contributed by atoms with Crippen LogP contribution in [0.5, 0.6) is 5.75 Å². The predicted molar refractivity (Wildman–Crippen MR) is 115 cm³/mol. The monoisotopic (exact) mass is 394 g/mol. The molecule has 0 spiro atoms. The summed E-state index contributed by atoms with van der Waals surface area (Å²) in [5.74, 6) is -0.0696. The number of nitrogens with zero attached hydrogens (tertiary/aromatic N) is 1. The van der Waals surface area contributed by atoms with Gasteiger partial charge in [0, 0.05) is 37.4 Å². The number of halogens is 1. The van der Waals surface area contributed by atoms with Crippen LogP contribution in [0.2, 0.25) is 0 Å². The highest BCUT2D eigenvalue weighted by Crippen LogP contribution is 2.27. The summed E-state index contributed by atoms with van der Waals surface area (Å²) in [7, 11) is 1.49. The molecule has 4 nitrogen and oxygen atoms in total. The summed E-state index contributed by atoms with van der Waals surface area (Å²) in [5.41, 5.74) is 2.25. The largest absolute Gasteiger partial charge is 0.494 e. The van der Waals surface area contributed by atoms with Gasteiger partial charge in [0.05, 0.1) is 19.8 Å². The molecule has 152 valence electrons. The summed E-state index contributed by atoms with van der Waals surface area (Å²) in [6.07, 6.45) is 0.0669. The molecule has 0 saturated carbocycles. The number of benzene rings is 3. The Kier molecular flexibility index (Phi) is 5.97. The van der Waals surface area contributed by atoms with Gasteiger partial charge in [-0.2, -0.15) is 0 Å². The second kappa shape index (κ2) is 8.80. The lowest BCUT2D eigenvalue weighted by molar-refractivity contribution is 0.0394. The molecule has 5 heteroatoms. The Balaban J connectivity index is 1.41. The Morgan fingerprint density at radius 2 is 2.00 bits per heavy atom. The van der Waals surface area contributed by atoms with E-state index in [4.69, 9.17) is 9.47 Å². The standard InChI is InChI=1S/C24H27FN2O2/c1-17(21-9-5-7-18-6-3-4-8-22(18)21)26-15-20-16-27(12-13-29-20)19-10-11-23(25)24(14-19)28-2/h3-11,14,17,20,26H,12-13,15-16H2,1-2H3. The van der Waals surface area contributed by atoms with E-state index in [1.165, 1.54) is 29.5 Å². The molecule has 1 fully saturated rings. The van der Waals surface area contributed by atoms with E-state index in [0.29, 0.717) is 6.61 Å². The fraction of sp³-hybridized carbons (Fsp3) is 0.333. The number of ether oxygens (including phenoxy) is 2. The smallest absolute Gasteiger partial charge is 0.165 e. The lowest BCUT2D eigenvalue weighted by Gasteiger charge is -2.35. The lowest BCUT2D eigenvalue weighted by Crippen LogP contribution is -2.47. The molecule has 29 heavy (non-hydrogen) atoms. The van der Waals surface area contributed by atoms with Crippen molar-refractivity contribution in [1.29, 1.82) is 0 Å². The van der Waals surface area contributed by atoms with Crippen LogP contribution in [0.25, 0.3) is 10.8 Å².